The maximum absolute atomic E-state index is 5.97. The zero-order valence-electron chi connectivity index (χ0n) is 8.40. The number of methoxy groups -OCH3 is 1. The number of benzene rings is 1. The maximum Gasteiger partial charge on any atom is 0.321 e. The quantitative estimate of drug-likeness (QED) is 0.854. The molecule has 2 rings (SSSR count). The van der Waals surface area contributed by atoms with Crippen LogP contribution in [0.25, 0.3) is 0 Å². The molecule has 0 saturated carbocycles. The van der Waals surface area contributed by atoms with Gasteiger partial charge in [0.1, 0.15) is 5.75 Å². The van der Waals surface area contributed by atoms with Gasteiger partial charge in [-0.25, -0.2) is 0 Å². The van der Waals surface area contributed by atoms with Gasteiger partial charge in [0.2, 0.25) is 0 Å². The van der Waals surface area contributed by atoms with Crippen molar-refractivity contribution in [2.75, 3.05) is 18.2 Å². The van der Waals surface area contributed by atoms with Crippen LogP contribution in [0.15, 0.2) is 22.6 Å². The highest BCUT2D eigenvalue weighted by Crippen LogP contribution is 2.29. The fourth-order valence-electron chi connectivity index (χ4n) is 1.13. The molecule has 1 aromatic carbocycles. The second-order valence-electron chi connectivity index (χ2n) is 2.92. The molecule has 6 nitrogen and oxygen atoms in total. The first-order valence-corrected chi connectivity index (χ1v) is 4.76. The lowest BCUT2D eigenvalue weighted by Gasteiger charge is -2.06. The molecule has 0 fully saturated rings. The van der Waals surface area contributed by atoms with Gasteiger partial charge >= 0.3 is 12.0 Å². The molecule has 0 bridgehead atoms. The van der Waals surface area contributed by atoms with Crippen LogP contribution in [0.5, 0.6) is 5.75 Å². The minimum absolute atomic E-state index is 0.0125. The predicted octanol–water partition coefficient (Wildman–Crippen LogP) is 2.06. The van der Waals surface area contributed by atoms with Gasteiger partial charge in [-0.05, 0) is 12.1 Å². The molecule has 0 radical (unpaired) electrons. The molecule has 1 heterocycles. The Morgan fingerprint density at radius 3 is 2.88 bits per heavy atom. The van der Waals surface area contributed by atoms with Crippen molar-refractivity contribution in [1.29, 1.82) is 0 Å². The number of nitrogens with zero attached hydrogens (tertiary/aromatic N) is 2. The van der Waals surface area contributed by atoms with Crippen LogP contribution in [0.4, 0.5) is 17.7 Å². The van der Waals surface area contributed by atoms with Crippen molar-refractivity contribution in [2.24, 2.45) is 0 Å². The summed E-state index contributed by atoms with van der Waals surface area (Å²) in [5.74, 6) is 0.666. The van der Waals surface area contributed by atoms with E-state index in [4.69, 9.17) is 26.5 Å². The molecule has 2 aromatic rings. The monoisotopic (exact) mass is 240 g/mol. The van der Waals surface area contributed by atoms with E-state index in [1.807, 2.05) is 0 Å². The molecular weight excluding hydrogens is 232 g/mol. The average Bonchev–Trinajstić information content (AvgIpc) is 2.67. The lowest BCUT2D eigenvalue weighted by atomic mass is 10.3. The van der Waals surface area contributed by atoms with Crippen LogP contribution in [0.3, 0.4) is 0 Å². The largest absolute Gasteiger partial charge is 0.497 e. The normalized spacial score (nSPS) is 10.1. The maximum atomic E-state index is 5.97. The van der Waals surface area contributed by atoms with E-state index in [1.54, 1.807) is 25.3 Å². The van der Waals surface area contributed by atoms with E-state index >= 15 is 0 Å². The van der Waals surface area contributed by atoms with Crippen LogP contribution in [-0.2, 0) is 0 Å². The van der Waals surface area contributed by atoms with Crippen LogP contribution in [0, 0.1) is 0 Å². The molecule has 1 aromatic heterocycles. The molecule has 0 atom stereocenters. The summed E-state index contributed by atoms with van der Waals surface area (Å²) in [6.07, 6.45) is 0. The molecule has 3 N–H and O–H groups in total. The van der Waals surface area contributed by atoms with Crippen molar-refractivity contribution >= 4 is 29.3 Å². The summed E-state index contributed by atoms with van der Waals surface area (Å²) in [5, 5.41) is 10.5. The van der Waals surface area contributed by atoms with E-state index in [0.717, 1.165) is 0 Å². The summed E-state index contributed by atoms with van der Waals surface area (Å²) in [6, 6.07) is 5.31. The first kappa shape index (κ1) is 10.6. The van der Waals surface area contributed by atoms with Crippen LogP contribution < -0.4 is 15.8 Å². The molecule has 0 amide bonds. The standard InChI is InChI=1S/C9H9ClN4O2/c1-15-5-2-3-6(10)7(4-5)12-9-14-13-8(11)16-9/h2-4H,1H3,(H2,11,13)(H,12,14). The molecule has 0 aliphatic rings. The molecular formula is C9H9ClN4O2. The third-order valence-corrected chi connectivity index (χ3v) is 2.19. The van der Waals surface area contributed by atoms with Crippen molar-refractivity contribution in [1.82, 2.24) is 10.2 Å². The van der Waals surface area contributed by atoms with Crippen LogP contribution in [0.1, 0.15) is 0 Å². The number of hydrogen-bond acceptors (Lipinski definition) is 6. The second kappa shape index (κ2) is 4.28. The van der Waals surface area contributed by atoms with Crippen molar-refractivity contribution in [3.05, 3.63) is 23.2 Å². The van der Waals surface area contributed by atoms with Crippen molar-refractivity contribution < 1.29 is 9.15 Å². The van der Waals surface area contributed by atoms with Crippen molar-refractivity contribution in [3.8, 4) is 5.75 Å². The summed E-state index contributed by atoms with van der Waals surface area (Å²) >= 11 is 5.97. The number of rotatable bonds is 3. The fraction of sp³-hybridized carbons (Fsp3) is 0.111. The zero-order valence-corrected chi connectivity index (χ0v) is 9.15. The zero-order chi connectivity index (χ0) is 11.5. The Bertz CT molecular complexity index is 500. The van der Waals surface area contributed by atoms with E-state index in [2.05, 4.69) is 15.5 Å². The van der Waals surface area contributed by atoms with Gasteiger partial charge in [0.25, 0.3) is 0 Å². The highest BCUT2D eigenvalue weighted by Gasteiger charge is 2.07. The Hall–Kier alpha value is -1.95. The summed E-state index contributed by atoms with van der Waals surface area (Å²) in [4.78, 5) is 0. The van der Waals surface area contributed by atoms with Gasteiger partial charge in [-0.15, -0.1) is 0 Å². The predicted molar refractivity (Wildman–Crippen MR) is 60.0 cm³/mol. The van der Waals surface area contributed by atoms with Crippen molar-refractivity contribution in [3.63, 3.8) is 0 Å². The van der Waals surface area contributed by atoms with E-state index in [9.17, 15) is 0 Å². The number of aromatic nitrogens is 2. The highest BCUT2D eigenvalue weighted by atomic mass is 35.5. The van der Waals surface area contributed by atoms with Gasteiger partial charge in [0, 0.05) is 6.07 Å². The van der Waals surface area contributed by atoms with Gasteiger partial charge in [0.15, 0.2) is 0 Å². The Balaban J connectivity index is 2.26. The third-order valence-electron chi connectivity index (χ3n) is 1.86. The number of halogens is 1. The minimum Gasteiger partial charge on any atom is -0.497 e. The first-order chi connectivity index (χ1) is 7.69. The van der Waals surface area contributed by atoms with Crippen LogP contribution >= 0.6 is 11.6 Å². The fourth-order valence-corrected chi connectivity index (χ4v) is 1.29. The number of ether oxygens (including phenoxy) is 1. The van der Waals surface area contributed by atoms with Crippen LogP contribution in [0.2, 0.25) is 5.02 Å². The van der Waals surface area contributed by atoms with Crippen LogP contribution in [-0.4, -0.2) is 17.3 Å². The summed E-state index contributed by atoms with van der Waals surface area (Å²) < 4.78 is 10.0. The second-order valence-corrected chi connectivity index (χ2v) is 3.32. The average molecular weight is 241 g/mol. The minimum atomic E-state index is -0.0125. The Labute approximate surface area is 96.4 Å². The lowest BCUT2D eigenvalue weighted by molar-refractivity contribution is 0.415. The van der Waals surface area contributed by atoms with Crippen molar-refractivity contribution in [2.45, 2.75) is 0 Å². The number of nitrogens with one attached hydrogen (secondary N) is 1. The third kappa shape index (κ3) is 2.17. The highest BCUT2D eigenvalue weighted by molar-refractivity contribution is 6.33. The van der Waals surface area contributed by atoms with Gasteiger partial charge in [-0.2, -0.15) is 0 Å². The smallest absolute Gasteiger partial charge is 0.321 e. The number of nitrogens with two attached hydrogens (primary N) is 1. The SMILES string of the molecule is COc1ccc(Cl)c(Nc2nnc(N)o2)c1. The Morgan fingerprint density at radius 1 is 1.44 bits per heavy atom. The van der Waals surface area contributed by atoms with Gasteiger partial charge in [-0.3, -0.25) is 0 Å². The van der Waals surface area contributed by atoms with E-state index in [-0.39, 0.29) is 12.0 Å². The number of hydrogen-bond donors (Lipinski definition) is 2. The Kier molecular flexibility index (Phi) is 2.82. The summed E-state index contributed by atoms with van der Waals surface area (Å²) in [5.41, 5.74) is 5.89. The molecule has 0 saturated heterocycles. The van der Waals surface area contributed by atoms with Gasteiger partial charge in [0.05, 0.1) is 17.8 Å². The molecule has 16 heavy (non-hydrogen) atoms. The van der Waals surface area contributed by atoms with E-state index in [1.165, 1.54) is 0 Å². The number of anilines is 3. The molecule has 0 aliphatic heterocycles. The topological polar surface area (TPSA) is 86.2 Å². The van der Waals surface area contributed by atoms with E-state index < -0.39 is 0 Å². The molecule has 7 heteroatoms. The Morgan fingerprint density at radius 2 is 2.25 bits per heavy atom. The van der Waals surface area contributed by atoms with Gasteiger partial charge in [-0.1, -0.05) is 21.8 Å². The first-order valence-electron chi connectivity index (χ1n) is 4.38. The molecule has 0 unspecified atom stereocenters. The summed E-state index contributed by atoms with van der Waals surface area (Å²) in [7, 11) is 1.57. The van der Waals surface area contributed by atoms with Gasteiger partial charge < -0.3 is 20.2 Å². The summed E-state index contributed by atoms with van der Waals surface area (Å²) in [6.45, 7) is 0. The molecule has 84 valence electrons. The molecule has 0 aliphatic carbocycles. The lowest BCUT2D eigenvalue weighted by Crippen LogP contribution is -1.92. The molecule has 0 spiro atoms. The van der Waals surface area contributed by atoms with E-state index in [0.29, 0.717) is 16.5 Å². The number of nitrogen functional groups attached to an aromatic ring is 1.